The van der Waals surface area contributed by atoms with Crippen molar-refractivity contribution in [2.45, 2.75) is 19.4 Å². The summed E-state index contributed by atoms with van der Waals surface area (Å²) in [5, 5.41) is 12.6. The Morgan fingerprint density at radius 1 is 1.26 bits per heavy atom. The van der Waals surface area contributed by atoms with Crippen LogP contribution in [0.5, 0.6) is 0 Å². The molecule has 0 unspecified atom stereocenters. The molecule has 0 aromatic heterocycles. The third kappa shape index (κ3) is 7.47. The van der Waals surface area contributed by atoms with Gasteiger partial charge in [0.25, 0.3) is 0 Å². The van der Waals surface area contributed by atoms with Crippen LogP contribution in [0, 0.1) is 0 Å². The molecule has 112 valence electrons. The van der Waals surface area contributed by atoms with Crippen molar-refractivity contribution in [3.05, 3.63) is 0 Å². The highest BCUT2D eigenvalue weighted by atomic mass is 16.5. The van der Waals surface area contributed by atoms with Crippen molar-refractivity contribution in [2.75, 3.05) is 59.5 Å². The van der Waals surface area contributed by atoms with Gasteiger partial charge in [0.2, 0.25) is 5.91 Å². The molecule has 2 N–H and O–H groups in total. The highest BCUT2D eigenvalue weighted by Crippen LogP contribution is 2.08. The molecule has 0 atom stereocenters. The van der Waals surface area contributed by atoms with Gasteiger partial charge < -0.3 is 15.2 Å². The third-order valence-electron chi connectivity index (χ3n) is 3.07. The van der Waals surface area contributed by atoms with Gasteiger partial charge in [-0.15, -0.1) is 0 Å². The zero-order valence-corrected chi connectivity index (χ0v) is 12.3. The summed E-state index contributed by atoms with van der Waals surface area (Å²) >= 11 is 0. The van der Waals surface area contributed by atoms with Crippen molar-refractivity contribution >= 4 is 5.91 Å². The standard InChI is InChI=1S/C13H27N3O3/c1-13(2,18)11-16-7-5-15(6-8-16)10-12(17)14-4-9-19-3/h18H,4-11H2,1-3H3,(H,14,17). The minimum atomic E-state index is -0.653. The second-order valence-electron chi connectivity index (χ2n) is 5.71. The van der Waals surface area contributed by atoms with E-state index in [9.17, 15) is 9.90 Å². The number of hydrogen-bond acceptors (Lipinski definition) is 5. The van der Waals surface area contributed by atoms with E-state index < -0.39 is 5.60 Å². The van der Waals surface area contributed by atoms with Crippen LogP contribution in [0.25, 0.3) is 0 Å². The Kier molecular flexibility index (Phi) is 6.71. The summed E-state index contributed by atoms with van der Waals surface area (Å²) in [6, 6.07) is 0. The highest BCUT2D eigenvalue weighted by molar-refractivity contribution is 5.77. The fourth-order valence-corrected chi connectivity index (χ4v) is 2.20. The number of amides is 1. The van der Waals surface area contributed by atoms with Gasteiger partial charge in [-0.2, -0.15) is 0 Å². The van der Waals surface area contributed by atoms with Crippen LogP contribution >= 0.6 is 0 Å². The number of nitrogens with zero attached hydrogens (tertiary/aromatic N) is 2. The first-order valence-corrected chi connectivity index (χ1v) is 6.83. The minimum Gasteiger partial charge on any atom is -0.389 e. The zero-order valence-electron chi connectivity index (χ0n) is 12.3. The summed E-state index contributed by atoms with van der Waals surface area (Å²) in [5.41, 5.74) is -0.653. The highest BCUT2D eigenvalue weighted by Gasteiger charge is 2.23. The number of hydrogen-bond donors (Lipinski definition) is 2. The molecular weight excluding hydrogens is 246 g/mol. The molecule has 1 rings (SSSR count). The maximum absolute atomic E-state index is 11.6. The van der Waals surface area contributed by atoms with E-state index in [0.717, 1.165) is 26.2 Å². The molecule has 0 bridgehead atoms. The average molecular weight is 273 g/mol. The van der Waals surface area contributed by atoms with Crippen LogP contribution in [0.1, 0.15) is 13.8 Å². The van der Waals surface area contributed by atoms with Crippen LogP contribution in [0.2, 0.25) is 0 Å². The van der Waals surface area contributed by atoms with E-state index in [2.05, 4.69) is 15.1 Å². The van der Waals surface area contributed by atoms with E-state index in [4.69, 9.17) is 4.74 Å². The van der Waals surface area contributed by atoms with Gasteiger partial charge in [0.15, 0.2) is 0 Å². The Morgan fingerprint density at radius 3 is 2.37 bits per heavy atom. The number of β-amino-alcohol motifs (C(OH)–C–C–N with tert-alkyl or cyclic N) is 1. The Bertz CT molecular complexity index is 271. The van der Waals surface area contributed by atoms with Gasteiger partial charge in [0, 0.05) is 46.4 Å². The molecule has 0 spiro atoms. The summed E-state index contributed by atoms with van der Waals surface area (Å²) in [5.74, 6) is 0.0491. The molecule has 1 heterocycles. The van der Waals surface area contributed by atoms with E-state index in [0.29, 0.717) is 26.2 Å². The van der Waals surface area contributed by atoms with E-state index >= 15 is 0 Å². The Morgan fingerprint density at radius 2 is 1.84 bits per heavy atom. The van der Waals surface area contributed by atoms with Crippen LogP contribution < -0.4 is 5.32 Å². The summed E-state index contributed by atoms with van der Waals surface area (Å²) in [7, 11) is 1.62. The maximum Gasteiger partial charge on any atom is 0.234 e. The van der Waals surface area contributed by atoms with E-state index in [1.165, 1.54) is 0 Å². The molecule has 1 aliphatic heterocycles. The molecule has 0 aromatic rings. The van der Waals surface area contributed by atoms with Crippen LogP contribution in [0.4, 0.5) is 0 Å². The fraction of sp³-hybridized carbons (Fsp3) is 0.923. The molecule has 1 aliphatic rings. The number of ether oxygens (including phenoxy) is 1. The Balaban J connectivity index is 2.17. The molecule has 1 saturated heterocycles. The molecule has 6 nitrogen and oxygen atoms in total. The number of nitrogens with one attached hydrogen (secondary N) is 1. The number of piperazine rings is 1. The van der Waals surface area contributed by atoms with E-state index in [1.54, 1.807) is 7.11 Å². The molecular formula is C13H27N3O3. The first-order chi connectivity index (χ1) is 8.90. The van der Waals surface area contributed by atoms with Crippen LogP contribution in [0.15, 0.2) is 0 Å². The molecule has 19 heavy (non-hydrogen) atoms. The van der Waals surface area contributed by atoms with Gasteiger partial charge in [-0.25, -0.2) is 0 Å². The van der Waals surface area contributed by atoms with Crippen molar-refractivity contribution in [3.63, 3.8) is 0 Å². The van der Waals surface area contributed by atoms with Gasteiger partial charge in [0.1, 0.15) is 0 Å². The van der Waals surface area contributed by atoms with E-state index in [1.807, 2.05) is 13.8 Å². The van der Waals surface area contributed by atoms with Gasteiger partial charge in [-0.1, -0.05) is 0 Å². The lowest BCUT2D eigenvalue weighted by molar-refractivity contribution is -0.123. The molecule has 1 fully saturated rings. The average Bonchev–Trinajstić information content (AvgIpc) is 2.30. The summed E-state index contributed by atoms with van der Waals surface area (Å²) < 4.78 is 4.88. The summed E-state index contributed by atoms with van der Waals surface area (Å²) in [4.78, 5) is 16.0. The number of carbonyl (C=O) groups excluding carboxylic acids is 1. The van der Waals surface area contributed by atoms with Crippen LogP contribution in [-0.2, 0) is 9.53 Å². The first kappa shape index (κ1) is 16.4. The van der Waals surface area contributed by atoms with Crippen molar-refractivity contribution in [2.24, 2.45) is 0 Å². The predicted molar refractivity (Wildman–Crippen MR) is 74.1 cm³/mol. The molecule has 6 heteroatoms. The van der Waals surface area contributed by atoms with Gasteiger partial charge in [-0.05, 0) is 13.8 Å². The zero-order chi connectivity index (χ0) is 14.3. The van der Waals surface area contributed by atoms with Crippen molar-refractivity contribution in [1.29, 1.82) is 0 Å². The van der Waals surface area contributed by atoms with Crippen molar-refractivity contribution < 1.29 is 14.6 Å². The number of rotatable bonds is 7. The fourth-order valence-electron chi connectivity index (χ4n) is 2.20. The largest absolute Gasteiger partial charge is 0.389 e. The smallest absolute Gasteiger partial charge is 0.234 e. The molecule has 0 aromatic carbocycles. The third-order valence-corrected chi connectivity index (χ3v) is 3.07. The molecule has 0 radical (unpaired) electrons. The van der Waals surface area contributed by atoms with Crippen molar-refractivity contribution in [1.82, 2.24) is 15.1 Å². The Labute approximate surface area is 115 Å². The SMILES string of the molecule is COCCNC(=O)CN1CCN(CC(C)(C)O)CC1. The number of methoxy groups -OCH3 is 1. The second-order valence-corrected chi connectivity index (χ2v) is 5.71. The number of carbonyl (C=O) groups is 1. The van der Waals surface area contributed by atoms with Gasteiger partial charge >= 0.3 is 0 Å². The normalized spacial score (nSPS) is 18.5. The number of aliphatic hydroxyl groups is 1. The summed E-state index contributed by atoms with van der Waals surface area (Å²) in [6.07, 6.45) is 0. The van der Waals surface area contributed by atoms with Gasteiger partial charge in [-0.3, -0.25) is 14.6 Å². The molecule has 1 amide bonds. The topological polar surface area (TPSA) is 65.0 Å². The van der Waals surface area contributed by atoms with Gasteiger partial charge in [0.05, 0.1) is 18.8 Å². The van der Waals surface area contributed by atoms with Crippen LogP contribution in [-0.4, -0.2) is 85.9 Å². The summed E-state index contributed by atoms with van der Waals surface area (Å²) in [6.45, 7) is 9.41. The van der Waals surface area contributed by atoms with E-state index in [-0.39, 0.29) is 5.91 Å². The minimum absolute atomic E-state index is 0.0491. The maximum atomic E-state index is 11.6. The Hall–Kier alpha value is -0.690. The monoisotopic (exact) mass is 273 g/mol. The quantitative estimate of drug-likeness (QED) is 0.591. The lowest BCUT2D eigenvalue weighted by atomic mass is 10.1. The second kappa shape index (κ2) is 7.79. The predicted octanol–water partition coefficient (Wildman–Crippen LogP) is -0.862. The van der Waals surface area contributed by atoms with Crippen molar-refractivity contribution in [3.8, 4) is 0 Å². The molecule has 0 aliphatic carbocycles. The molecule has 0 saturated carbocycles. The lowest BCUT2D eigenvalue weighted by Crippen LogP contribution is -2.52. The van der Waals surface area contributed by atoms with Crippen LogP contribution in [0.3, 0.4) is 0 Å². The first-order valence-electron chi connectivity index (χ1n) is 6.83. The lowest BCUT2D eigenvalue weighted by Gasteiger charge is -2.36.